The molecule has 146 valence electrons. The van der Waals surface area contributed by atoms with E-state index in [1.807, 2.05) is 0 Å². The number of morpholine rings is 1. The Hall–Kier alpha value is -1.47. The number of ether oxygens (including phenoxy) is 1. The molecule has 3 fully saturated rings. The fraction of sp³-hybridized carbons (Fsp3) is 0.842. The van der Waals surface area contributed by atoms with E-state index in [0.29, 0.717) is 6.54 Å². The van der Waals surface area contributed by atoms with Crippen LogP contribution < -0.4 is 5.32 Å². The van der Waals surface area contributed by atoms with Gasteiger partial charge in [-0.1, -0.05) is 12.8 Å². The second kappa shape index (κ2) is 8.05. The molecule has 0 radical (unpaired) electrons. The van der Waals surface area contributed by atoms with E-state index in [2.05, 4.69) is 31.0 Å². The van der Waals surface area contributed by atoms with Crippen LogP contribution in [0.4, 0.5) is 0 Å². The highest BCUT2D eigenvalue weighted by molar-refractivity contribution is 6.07. The molecule has 2 saturated heterocycles. The van der Waals surface area contributed by atoms with Crippen LogP contribution >= 0.6 is 0 Å². The van der Waals surface area contributed by atoms with Crippen molar-refractivity contribution in [1.29, 1.82) is 0 Å². The number of rotatable bonds is 5. The van der Waals surface area contributed by atoms with E-state index in [9.17, 15) is 14.4 Å². The topological polar surface area (TPSA) is 79.0 Å². The second-order valence-corrected chi connectivity index (χ2v) is 8.12. The lowest BCUT2D eigenvalue weighted by Crippen LogP contribution is -2.53. The molecule has 2 aliphatic heterocycles. The van der Waals surface area contributed by atoms with Crippen molar-refractivity contribution in [2.75, 3.05) is 26.2 Å². The molecule has 0 aromatic heterocycles. The molecular weight excluding hydrogens is 334 g/mol. The first-order valence-corrected chi connectivity index (χ1v) is 9.88. The first kappa shape index (κ1) is 19.3. The van der Waals surface area contributed by atoms with Gasteiger partial charge in [0, 0.05) is 25.7 Å². The molecule has 5 atom stereocenters. The van der Waals surface area contributed by atoms with E-state index >= 15 is 0 Å². The van der Waals surface area contributed by atoms with Gasteiger partial charge in [0.05, 0.1) is 24.0 Å². The van der Waals surface area contributed by atoms with Crippen molar-refractivity contribution in [3.05, 3.63) is 0 Å². The highest BCUT2D eigenvalue weighted by atomic mass is 16.5. The molecule has 3 rings (SSSR count). The zero-order valence-electron chi connectivity index (χ0n) is 16.1. The highest BCUT2D eigenvalue weighted by Gasteiger charge is 2.48. The quantitative estimate of drug-likeness (QED) is 0.728. The summed E-state index contributed by atoms with van der Waals surface area (Å²) in [6, 6.07) is 0.181. The van der Waals surface area contributed by atoms with Gasteiger partial charge < -0.3 is 10.1 Å². The largest absolute Gasteiger partial charge is 0.373 e. The van der Waals surface area contributed by atoms with E-state index in [-0.39, 0.29) is 54.4 Å². The average Bonchev–Trinajstić information content (AvgIpc) is 2.84. The van der Waals surface area contributed by atoms with Crippen molar-refractivity contribution in [2.45, 2.75) is 64.7 Å². The minimum atomic E-state index is -0.258. The second-order valence-electron chi connectivity index (χ2n) is 8.12. The highest BCUT2D eigenvalue weighted by Crippen LogP contribution is 2.37. The van der Waals surface area contributed by atoms with Gasteiger partial charge in [-0.05, 0) is 33.6 Å². The van der Waals surface area contributed by atoms with Crippen LogP contribution in [0.1, 0.15) is 46.5 Å². The number of nitrogens with zero attached hydrogens (tertiary/aromatic N) is 2. The lowest BCUT2D eigenvalue weighted by Gasteiger charge is -2.39. The van der Waals surface area contributed by atoms with E-state index < -0.39 is 0 Å². The predicted molar refractivity (Wildman–Crippen MR) is 96.2 cm³/mol. The summed E-state index contributed by atoms with van der Waals surface area (Å²) < 4.78 is 5.74. The molecule has 0 spiro atoms. The molecule has 0 bridgehead atoms. The van der Waals surface area contributed by atoms with Gasteiger partial charge in [0.2, 0.25) is 17.7 Å². The molecule has 1 N–H and O–H groups in total. The van der Waals surface area contributed by atoms with Crippen molar-refractivity contribution >= 4 is 17.7 Å². The molecule has 0 unspecified atom stereocenters. The van der Waals surface area contributed by atoms with Crippen LogP contribution in [0.15, 0.2) is 0 Å². The summed E-state index contributed by atoms with van der Waals surface area (Å²) in [6.07, 6.45) is 3.90. The maximum atomic E-state index is 12.4. The number of hydrogen-bond acceptors (Lipinski definition) is 5. The van der Waals surface area contributed by atoms with Crippen molar-refractivity contribution in [1.82, 2.24) is 15.1 Å². The zero-order valence-corrected chi connectivity index (χ0v) is 16.1. The summed E-state index contributed by atoms with van der Waals surface area (Å²) in [5.41, 5.74) is 0. The van der Waals surface area contributed by atoms with Gasteiger partial charge in [-0.3, -0.25) is 24.2 Å². The first-order chi connectivity index (χ1) is 12.4. The molecule has 3 aliphatic rings. The number of fused-ring (bicyclic) bond motifs is 1. The Morgan fingerprint density at radius 1 is 1.12 bits per heavy atom. The van der Waals surface area contributed by atoms with Gasteiger partial charge in [0.15, 0.2) is 0 Å². The summed E-state index contributed by atoms with van der Waals surface area (Å²) in [7, 11) is 0. The van der Waals surface area contributed by atoms with Crippen LogP contribution in [-0.2, 0) is 19.1 Å². The van der Waals surface area contributed by atoms with Gasteiger partial charge in [-0.2, -0.15) is 0 Å². The van der Waals surface area contributed by atoms with Gasteiger partial charge in [0.25, 0.3) is 0 Å². The molecule has 3 amide bonds. The summed E-state index contributed by atoms with van der Waals surface area (Å²) in [5, 5.41) is 2.89. The molecule has 1 aliphatic carbocycles. The summed E-state index contributed by atoms with van der Waals surface area (Å²) in [5.74, 6) is -0.956. The Kier molecular flexibility index (Phi) is 5.97. The molecular formula is C19H31N3O4. The molecule has 2 heterocycles. The summed E-state index contributed by atoms with van der Waals surface area (Å²) >= 11 is 0. The lowest BCUT2D eigenvalue weighted by atomic mass is 9.81. The number of nitrogens with one attached hydrogen (secondary N) is 1. The molecule has 0 aromatic carbocycles. The van der Waals surface area contributed by atoms with Crippen LogP contribution in [-0.4, -0.2) is 72.0 Å². The van der Waals surface area contributed by atoms with Crippen molar-refractivity contribution in [3.8, 4) is 0 Å². The van der Waals surface area contributed by atoms with E-state index in [1.54, 1.807) is 0 Å². The third kappa shape index (κ3) is 4.09. The van der Waals surface area contributed by atoms with Crippen LogP contribution in [0.25, 0.3) is 0 Å². The molecule has 7 nitrogen and oxygen atoms in total. The summed E-state index contributed by atoms with van der Waals surface area (Å²) in [4.78, 5) is 40.7. The minimum Gasteiger partial charge on any atom is -0.373 e. The third-order valence-electron chi connectivity index (χ3n) is 5.90. The Morgan fingerprint density at radius 3 is 2.19 bits per heavy atom. The number of amides is 3. The fourth-order valence-corrected chi connectivity index (χ4v) is 4.55. The third-order valence-corrected chi connectivity index (χ3v) is 5.90. The fourth-order valence-electron chi connectivity index (χ4n) is 4.55. The van der Waals surface area contributed by atoms with Crippen molar-refractivity contribution < 1.29 is 19.1 Å². The lowest BCUT2D eigenvalue weighted by molar-refractivity contribution is -0.143. The van der Waals surface area contributed by atoms with Gasteiger partial charge in [0.1, 0.15) is 6.54 Å². The predicted octanol–water partition coefficient (Wildman–Crippen LogP) is 0.776. The average molecular weight is 365 g/mol. The van der Waals surface area contributed by atoms with Gasteiger partial charge in [-0.25, -0.2) is 0 Å². The monoisotopic (exact) mass is 365 g/mol. The SMILES string of the molecule is C[C@@H]1CN([C@H](C)CNC(=O)CN2C(=O)[C@@H]3CCCC[C@H]3C2=O)C[C@H](C)O1. The van der Waals surface area contributed by atoms with Crippen molar-refractivity contribution in [2.24, 2.45) is 11.8 Å². The minimum absolute atomic E-state index is 0.146. The standard InChI is InChI=1S/C19H31N3O4/c1-12(21-9-13(2)26-14(3)10-21)8-20-17(23)11-22-18(24)15-6-4-5-7-16(15)19(22)25/h12-16H,4-11H2,1-3H3,(H,20,23)/t12-,13-,14+,15-,16-/m1/s1. The van der Waals surface area contributed by atoms with Crippen LogP contribution in [0.2, 0.25) is 0 Å². The Labute approximate surface area is 155 Å². The number of likely N-dealkylation sites (tertiary alicyclic amines) is 1. The maximum Gasteiger partial charge on any atom is 0.240 e. The molecule has 7 heteroatoms. The number of hydrogen-bond donors (Lipinski definition) is 1. The Morgan fingerprint density at radius 2 is 1.65 bits per heavy atom. The number of imide groups is 1. The molecule has 26 heavy (non-hydrogen) atoms. The Balaban J connectivity index is 1.48. The van der Waals surface area contributed by atoms with Crippen LogP contribution in [0, 0.1) is 11.8 Å². The maximum absolute atomic E-state index is 12.4. The first-order valence-electron chi connectivity index (χ1n) is 9.88. The summed E-state index contributed by atoms with van der Waals surface area (Å²) in [6.45, 7) is 8.22. The van der Waals surface area contributed by atoms with E-state index in [4.69, 9.17) is 4.74 Å². The smallest absolute Gasteiger partial charge is 0.240 e. The van der Waals surface area contributed by atoms with Crippen molar-refractivity contribution in [3.63, 3.8) is 0 Å². The normalized spacial score (nSPS) is 33.9. The number of carbonyl (C=O) groups excluding carboxylic acids is 3. The Bertz CT molecular complexity index is 533. The van der Waals surface area contributed by atoms with E-state index in [1.165, 1.54) is 4.90 Å². The zero-order chi connectivity index (χ0) is 18.8. The number of carbonyl (C=O) groups is 3. The van der Waals surface area contributed by atoms with E-state index in [0.717, 1.165) is 38.8 Å². The van der Waals surface area contributed by atoms with Gasteiger partial charge in [-0.15, -0.1) is 0 Å². The van der Waals surface area contributed by atoms with Crippen LogP contribution in [0.5, 0.6) is 0 Å². The van der Waals surface area contributed by atoms with Gasteiger partial charge >= 0.3 is 0 Å². The van der Waals surface area contributed by atoms with Crippen LogP contribution in [0.3, 0.4) is 0 Å². The molecule has 1 saturated carbocycles. The molecule has 0 aromatic rings.